The molecule has 3 nitrogen and oxygen atoms in total. The molecule has 0 aromatic heterocycles. The summed E-state index contributed by atoms with van der Waals surface area (Å²) in [5, 5.41) is 17.9. The summed E-state index contributed by atoms with van der Waals surface area (Å²) in [4.78, 5) is 0. The van der Waals surface area contributed by atoms with Gasteiger partial charge in [0.1, 0.15) is 0 Å². The van der Waals surface area contributed by atoms with Crippen molar-refractivity contribution >= 4 is 5.69 Å². The predicted molar refractivity (Wildman–Crippen MR) is 51.2 cm³/mol. The Kier molecular flexibility index (Phi) is 3.28. The normalized spacial score (nSPS) is 10.2. The van der Waals surface area contributed by atoms with E-state index in [0.717, 1.165) is 24.0 Å². The van der Waals surface area contributed by atoms with E-state index in [2.05, 4.69) is 6.92 Å². The van der Waals surface area contributed by atoms with E-state index in [9.17, 15) is 0 Å². The van der Waals surface area contributed by atoms with Crippen molar-refractivity contribution in [1.82, 2.24) is 0 Å². The predicted octanol–water partition coefficient (Wildman–Crippen LogP) is 2.53. The molecular formula is C10H15NO2. The van der Waals surface area contributed by atoms with Gasteiger partial charge in [0.2, 0.25) is 0 Å². The molecule has 1 rings (SSSR count). The van der Waals surface area contributed by atoms with Crippen LogP contribution in [0, 0.1) is 6.92 Å². The lowest BCUT2D eigenvalue weighted by Gasteiger charge is -2.13. The van der Waals surface area contributed by atoms with Crippen molar-refractivity contribution < 1.29 is 10.4 Å². The van der Waals surface area contributed by atoms with Crippen molar-refractivity contribution in [2.24, 2.45) is 0 Å². The highest BCUT2D eigenvalue weighted by Crippen LogP contribution is 2.21. The van der Waals surface area contributed by atoms with E-state index in [1.807, 2.05) is 19.1 Å². The van der Waals surface area contributed by atoms with Crippen LogP contribution in [0.4, 0.5) is 5.69 Å². The highest BCUT2D eigenvalue weighted by molar-refractivity contribution is 5.52. The zero-order valence-electron chi connectivity index (χ0n) is 7.99. The molecule has 0 amide bonds. The summed E-state index contributed by atoms with van der Waals surface area (Å²) in [6, 6.07) is 5.51. The van der Waals surface area contributed by atoms with Crippen LogP contribution in [0.25, 0.3) is 0 Å². The first-order valence-electron chi connectivity index (χ1n) is 4.43. The summed E-state index contributed by atoms with van der Waals surface area (Å²) in [7, 11) is 0. The second-order valence-electron chi connectivity index (χ2n) is 3.10. The Labute approximate surface area is 78.1 Å². The van der Waals surface area contributed by atoms with E-state index in [0.29, 0.717) is 5.69 Å². The van der Waals surface area contributed by atoms with Crippen molar-refractivity contribution in [3.63, 3.8) is 0 Å². The molecule has 1 aromatic rings. The average Bonchev–Trinajstić information content (AvgIpc) is 2.08. The molecule has 0 saturated carbocycles. The number of benzene rings is 1. The van der Waals surface area contributed by atoms with Crippen LogP contribution in [-0.4, -0.2) is 10.4 Å². The molecule has 0 radical (unpaired) electrons. The van der Waals surface area contributed by atoms with Crippen LogP contribution in [0.3, 0.4) is 0 Å². The maximum absolute atomic E-state index is 8.89. The van der Waals surface area contributed by atoms with Crippen LogP contribution in [-0.2, 0) is 6.42 Å². The summed E-state index contributed by atoms with van der Waals surface area (Å²) in [5.41, 5.74) is 2.54. The van der Waals surface area contributed by atoms with Crippen LogP contribution >= 0.6 is 0 Å². The maximum atomic E-state index is 8.89. The van der Waals surface area contributed by atoms with Crippen molar-refractivity contribution in [3.05, 3.63) is 29.3 Å². The Bertz CT molecular complexity index is 284. The smallest absolute Gasteiger partial charge is 0.0974 e. The molecule has 13 heavy (non-hydrogen) atoms. The Hall–Kier alpha value is -1.06. The molecule has 0 unspecified atom stereocenters. The lowest BCUT2D eigenvalue weighted by atomic mass is 10.0. The first-order valence-corrected chi connectivity index (χ1v) is 4.43. The van der Waals surface area contributed by atoms with Gasteiger partial charge < -0.3 is 0 Å². The number of aryl methyl sites for hydroxylation is 1. The molecule has 2 N–H and O–H groups in total. The molecule has 0 atom stereocenters. The summed E-state index contributed by atoms with van der Waals surface area (Å²) >= 11 is 0. The molecular weight excluding hydrogens is 166 g/mol. The van der Waals surface area contributed by atoms with Crippen molar-refractivity contribution in [2.45, 2.75) is 26.7 Å². The van der Waals surface area contributed by atoms with Crippen molar-refractivity contribution in [2.75, 3.05) is 5.23 Å². The Morgan fingerprint density at radius 2 is 2.00 bits per heavy atom. The standard InChI is InChI=1S/C10H15NO2/c1-3-5-9-6-4-7-10(8(9)2)11(12)13/h4,6-7,12-13H,3,5H2,1-2H3. The number of hydrogen-bond donors (Lipinski definition) is 2. The van der Waals surface area contributed by atoms with Crippen LogP contribution < -0.4 is 5.23 Å². The van der Waals surface area contributed by atoms with E-state index in [1.165, 1.54) is 0 Å². The van der Waals surface area contributed by atoms with Crippen LogP contribution in [0.1, 0.15) is 24.5 Å². The van der Waals surface area contributed by atoms with Gasteiger partial charge in [0, 0.05) is 0 Å². The van der Waals surface area contributed by atoms with Crippen LogP contribution in [0.5, 0.6) is 0 Å². The van der Waals surface area contributed by atoms with Crippen molar-refractivity contribution in [3.8, 4) is 0 Å². The second kappa shape index (κ2) is 4.25. The quantitative estimate of drug-likeness (QED) is 0.704. The van der Waals surface area contributed by atoms with Gasteiger partial charge in [-0.3, -0.25) is 10.4 Å². The minimum atomic E-state index is 0.175. The number of nitrogens with zero attached hydrogens (tertiary/aromatic N) is 1. The van der Waals surface area contributed by atoms with Gasteiger partial charge in [-0.1, -0.05) is 25.5 Å². The largest absolute Gasteiger partial charge is 0.264 e. The summed E-state index contributed by atoms with van der Waals surface area (Å²) in [6.45, 7) is 3.99. The molecule has 0 saturated heterocycles. The Morgan fingerprint density at radius 3 is 2.54 bits per heavy atom. The van der Waals surface area contributed by atoms with E-state index in [-0.39, 0.29) is 5.23 Å². The highest BCUT2D eigenvalue weighted by atomic mass is 16.8. The van der Waals surface area contributed by atoms with Gasteiger partial charge >= 0.3 is 0 Å². The minimum Gasteiger partial charge on any atom is -0.264 e. The molecule has 0 heterocycles. The zero-order valence-corrected chi connectivity index (χ0v) is 7.99. The number of rotatable bonds is 3. The fourth-order valence-electron chi connectivity index (χ4n) is 1.43. The third kappa shape index (κ3) is 2.20. The number of anilines is 1. The van der Waals surface area contributed by atoms with Gasteiger partial charge in [-0.15, -0.1) is 5.23 Å². The maximum Gasteiger partial charge on any atom is 0.0974 e. The van der Waals surface area contributed by atoms with E-state index in [4.69, 9.17) is 10.4 Å². The molecule has 0 aliphatic heterocycles. The SMILES string of the molecule is CCCc1cccc(N(O)O)c1C. The molecule has 72 valence electrons. The van der Waals surface area contributed by atoms with Gasteiger partial charge in [0.25, 0.3) is 0 Å². The highest BCUT2D eigenvalue weighted by Gasteiger charge is 2.06. The fraction of sp³-hybridized carbons (Fsp3) is 0.400. The third-order valence-corrected chi connectivity index (χ3v) is 2.15. The molecule has 3 heteroatoms. The van der Waals surface area contributed by atoms with Gasteiger partial charge in [0.05, 0.1) is 5.69 Å². The van der Waals surface area contributed by atoms with Gasteiger partial charge in [0.15, 0.2) is 0 Å². The average molecular weight is 181 g/mol. The fourth-order valence-corrected chi connectivity index (χ4v) is 1.43. The molecule has 1 aromatic carbocycles. The molecule has 0 aliphatic carbocycles. The van der Waals surface area contributed by atoms with Gasteiger partial charge in [-0.25, -0.2) is 0 Å². The topological polar surface area (TPSA) is 43.7 Å². The van der Waals surface area contributed by atoms with Gasteiger partial charge in [-0.2, -0.15) is 0 Å². The summed E-state index contributed by atoms with van der Waals surface area (Å²) in [6.07, 6.45) is 2.02. The Morgan fingerprint density at radius 1 is 1.31 bits per heavy atom. The van der Waals surface area contributed by atoms with Gasteiger partial charge in [-0.05, 0) is 30.5 Å². The Balaban J connectivity index is 3.03. The first kappa shape index (κ1) is 10.0. The zero-order chi connectivity index (χ0) is 9.84. The lowest BCUT2D eigenvalue weighted by molar-refractivity contribution is 0.0288. The second-order valence-corrected chi connectivity index (χ2v) is 3.10. The summed E-state index contributed by atoms with van der Waals surface area (Å²) < 4.78 is 0. The van der Waals surface area contributed by atoms with E-state index >= 15 is 0 Å². The monoisotopic (exact) mass is 181 g/mol. The van der Waals surface area contributed by atoms with Crippen LogP contribution in [0.15, 0.2) is 18.2 Å². The van der Waals surface area contributed by atoms with Crippen LogP contribution in [0.2, 0.25) is 0 Å². The minimum absolute atomic E-state index is 0.175. The summed E-state index contributed by atoms with van der Waals surface area (Å²) in [5.74, 6) is 0. The first-order chi connectivity index (χ1) is 6.16. The van der Waals surface area contributed by atoms with Crippen molar-refractivity contribution in [1.29, 1.82) is 0 Å². The lowest BCUT2D eigenvalue weighted by Crippen LogP contribution is -2.13. The molecule has 0 fully saturated rings. The van der Waals surface area contributed by atoms with E-state index < -0.39 is 0 Å². The third-order valence-electron chi connectivity index (χ3n) is 2.15. The molecule has 0 bridgehead atoms. The molecule has 0 aliphatic rings. The molecule has 0 spiro atoms. The number of hydrogen-bond acceptors (Lipinski definition) is 3. The van der Waals surface area contributed by atoms with E-state index in [1.54, 1.807) is 6.07 Å².